The van der Waals surface area contributed by atoms with Gasteiger partial charge >= 0.3 is 6.09 Å². The van der Waals surface area contributed by atoms with E-state index in [2.05, 4.69) is 5.32 Å². The maximum absolute atomic E-state index is 13.6. The van der Waals surface area contributed by atoms with E-state index < -0.39 is 35.2 Å². The summed E-state index contributed by atoms with van der Waals surface area (Å²) in [6, 6.07) is 12.0. The lowest BCUT2D eigenvalue weighted by molar-refractivity contribution is -0.135. The molecule has 2 aliphatic rings. The number of likely N-dealkylation sites (tertiary alicyclic amines) is 1. The average Bonchev–Trinajstić information content (AvgIpc) is 3.03. The van der Waals surface area contributed by atoms with Gasteiger partial charge in [0.1, 0.15) is 17.2 Å². The number of nitrogens with zero attached hydrogens (tertiary/aromatic N) is 1. The summed E-state index contributed by atoms with van der Waals surface area (Å²) in [4.78, 5) is 26.5. The molecule has 152 valence electrons. The van der Waals surface area contributed by atoms with Crippen molar-refractivity contribution >= 4 is 12.0 Å². The Bertz CT molecular complexity index is 917. The van der Waals surface area contributed by atoms with Crippen molar-refractivity contribution in [3.05, 3.63) is 71.3 Å². The number of carbonyl (C=O) groups excluding carboxylic acids is 1. The number of carbonyl (C=O) groups is 2. The molecule has 2 aromatic carbocycles. The summed E-state index contributed by atoms with van der Waals surface area (Å²) in [5.74, 6) is -1.80. The number of rotatable bonds is 3. The zero-order valence-electron chi connectivity index (χ0n) is 15.8. The molecular formula is C22H22F2N2O3. The highest BCUT2D eigenvalue weighted by Crippen LogP contribution is 2.43. The molecule has 2 saturated heterocycles. The van der Waals surface area contributed by atoms with Crippen molar-refractivity contribution in [1.82, 2.24) is 10.2 Å². The third-order valence-corrected chi connectivity index (χ3v) is 6.10. The molecule has 0 saturated carbocycles. The van der Waals surface area contributed by atoms with Crippen LogP contribution in [0.4, 0.5) is 13.6 Å². The van der Waals surface area contributed by atoms with Crippen molar-refractivity contribution in [3.63, 3.8) is 0 Å². The first kappa shape index (κ1) is 19.4. The smallest absolute Gasteiger partial charge is 0.408 e. The average molecular weight is 400 g/mol. The van der Waals surface area contributed by atoms with Crippen LogP contribution in [0, 0.1) is 11.6 Å². The Hall–Kier alpha value is -2.96. The highest BCUT2D eigenvalue weighted by molar-refractivity contribution is 5.91. The molecule has 7 heteroatoms. The van der Waals surface area contributed by atoms with Gasteiger partial charge in [-0.15, -0.1) is 0 Å². The Labute approximate surface area is 167 Å². The molecule has 3 atom stereocenters. The Morgan fingerprint density at radius 1 is 1.10 bits per heavy atom. The van der Waals surface area contributed by atoms with Crippen LogP contribution >= 0.6 is 0 Å². The van der Waals surface area contributed by atoms with E-state index in [1.807, 2.05) is 30.3 Å². The van der Waals surface area contributed by atoms with Crippen molar-refractivity contribution in [2.75, 3.05) is 0 Å². The first-order chi connectivity index (χ1) is 13.9. The molecule has 2 aromatic rings. The van der Waals surface area contributed by atoms with Crippen LogP contribution in [-0.2, 0) is 11.2 Å². The summed E-state index contributed by atoms with van der Waals surface area (Å²) in [6.45, 7) is 0. The van der Waals surface area contributed by atoms with Crippen LogP contribution in [0.25, 0.3) is 0 Å². The van der Waals surface area contributed by atoms with Gasteiger partial charge in [-0.1, -0.05) is 30.3 Å². The molecule has 4 rings (SSSR count). The molecule has 0 bridgehead atoms. The van der Waals surface area contributed by atoms with Crippen molar-refractivity contribution in [1.29, 1.82) is 0 Å². The maximum Gasteiger partial charge on any atom is 0.408 e. The van der Waals surface area contributed by atoms with Crippen LogP contribution in [-0.4, -0.2) is 33.6 Å². The van der Waals surface area contributed by atoms with E-state index in [1.165, 1.54) is 17.0 Å². The van der Waals surface area contributed by atoms with Gasteiger partial charge in [0, 0.05) is 12.1 Å². The van der Waals surface area contributed by atoms with E-state index in [-0.39, 0.29) is 6.04 Å². The topological polar surface area (TPSA) is 69.6 Å². The zero-order chi connectivity index (χ0) is 20.6. The third kappa shape index (κ3) is 3.57. The van der Waals surface area contributed by atoms with Crippen molar-refractivity contribution < 1.29 is 23.5 Å². The summed E-state index contributed by atoms with van der Waals surface area (Å²) in [5, 5.41) is 12.7. The van der Waals surface area contributed by atoms with E-state index in [1.54, 1.807) is 0 Å². The fourth-order valence-electron chi connectivity index (χ4n) is 4.78. The Balaban J connectivity index is 1.56. The van der Waals surface area contributed by atoms with Crippen molar-refractivity contribution in [3.8, 4) is 0 Å². The van der Waals surface area contributed by atoms with Crippen LogP contribution in [0.1, 0.15) is 42.9 Å². The molecule has 2 N–H and O–H groups in total. The maximum atomic E-state index is 13.6. The molecule has 2 amide bonds. The Morgan fingerprint density at radius 3 is 2.38 bits per heavy atom. The third-order valence-electron chi connectivity index (χ3n) is 6.10. The number of nitrogens with one attached hydrogen (secondary N) is 1. The zero-order valence-corrected chi connectivity index (χ0v) is 15.8. The lowest BCUT2D eigenvalue weighted by atomic mass is 9.82. The molecular weight excluding hydrogens is 378 g/mol. The van der Waals surface area contributed by atoms with Gasteiger partial charge < -0.3 is 10.4 Å². The van der Waals surface area contributed by atoms with Gasteiger partial charge in [-0.25, -0.2) is 13.6 Å². The number of piperidine rings is 1. The van der Waals surface area contributed by atoms with Gasteiger partial charge in [-0.3, -0.25) is 9.69 Å². The minimum absolute atomic E-state index is 0.288. The van der Waals surface area contributed by atoms with E-state index >= 15 is 0 Å². The van der Waals surface area contributed by atoms with Crippen LogP contribution < -0.4 is 5.32 Å². The Kier molecular flexibility index (Phi) is 4.98. The molecule has 5 nitrogen and oxygen atoms in total. The highest BCUT2D eigenvalue weighted by atomic mass is 19.1. The van der Waals surface area contributed by atoms with Gasteiger partial charge in [0.05, 0.1) is 6.04 Å². The standard InChI is InChI=1S/C22H22F2N2O3/c23-16-11-15(12-17(24)13-16)19-7-9-22(20(27)25-19)8-6-18(26(22)21(28)29)10-14-4-2-1-3-5-14/h1-5,11-13,18-19H,6-10H2,(H,25,27)(H,28,29)/t18?,19-,22-/m0/s1. The minimum atomic E-state index is -1.13. The minimum Gasteiger partial charge on any atom is -0.465 e. The fraction of sp³-hybridized carbons (Fsp3) is 0.364. The predicted molar refractivity (Wildman–Crippen MR) is 102 cm³/mol. The van der Waals surface area contributed by atoms with Gasteiger partial charge in [-0.05, 0) is 55.4 Å². The number of carboxylic acid groups (broad SMARTS) is 1. The van der Waals surface area contributed by atoms with Gasteiger partial charge in [0.25, 0.3) is 0 Å². The first-order valence-corrected chi connectivity index (χ1v) is 9.72. The molecule has 1 spiro atoms. The van der Waals surface area contributed by atoms with Gasteiger partial charge in [-0.2, -0.15) is 0 Å². The van der Waals surface area contributed by atoms with E-state index in [0.29, 0.717) is 37.7 Å². The number of benzene rings is 2. The number of hydrogen-bond donors (Lipinski definition) is 2. The quantitative estimate of drug-likeness (QED) is 0.817. The monoisotopic (exact) mass is 400 g/mol. The highest BCUT2D eigenvalue weighted by Gasteiger charge is 2.56. The molecule has 29 heavy (non-hydrogen) atoms. The molecule has 0 aliphatic carbocycles. The lowest BCUT2D eigenvalue weighted by Gasteiger charge is -2.43. The normalized spacial score (nSPS) is 26.6. The molecule has 0 aromatic heterocycles. The molecule has 0 radical (unpaired) electrons. The van der Waals surface area contributed by atoms with Crippen LogP contribution in [0.3, 0.4) is 0 Å². The van der Waals surface area contributed by atoms with Crippen molar-refractivity contribution in [2.45, 2.75) is 49.7 Å². The predicted octanol–water partition coefficient (Wildman–Crippen LogP) is 4.04. The van der Waals surface area contributed by atoms with Crippen LogP contribution in [0.15, 0.2) is 48.5 Å². The summed E-state index contributed by atoms with van der Waals surface area (Å²) < 4.78 is 27.1. The van der Waals surface area contributed by atoms with E-state index in [0.717, 1.165) is 11.6 Å². The number of hydrogen-bond acceptors (Lipinski definition) is 2. The van der Waals surface area contributed by atoms with Gasteiger partial charge in [0.2, 0.25) is 5.91 Å². The SMILES string of the molecule is O=C(O)N1C(Cc2ccccc2)CC[C@@]12CC[C@@H](c1cc(F)cc(F)c1)NC2=O. The number of halogens is 2. The largest absolute Gasteiger partial charge is 0.465 e. The van der Waals surface area contributed by atoms with Crippen molar-refractivity contribution in [2.24, 2.45) is 0 Å². The van der Waals surface area contributed by atoms with E-state index in [4.69, 9.17) is 0 Å². The summed E-state index contributed by atoms with van der Waals surface area (Å²) in [6.07, 6.45) is 1.19. The lowest BCUT2D eigenvalue weighted by Crippen LogP contribution is -2.62. The van der Waals surface area contributed by atoms with E-state index in [9.17, 15) is 23.5 Å². The molecule has 2 heterocycles. The summed E-state index contributed by atoms with van der Waals surface area (Å²) in [7, 11) is 0. The molecule has 2 fully saturated rings. The second kappa shape index (κ2) is 7.46. The fourth-order valence-corrected chi connectivity index (χ4v) is 4.78. The van der Waals surface area contributed by atoms with Gasteiger partial charge in [0.15, 0.2) is 0 Å². The second-order valence-corrected chi connectivity index (χ2v) is 7.83. The van der Waals surface area contributed by atoms with Crippen LogP contribution in [0.5, 0.6) is 0 Å². The van der Waals surface area contributed by atoms with Crippen LogP contribution in [0.2, 0.25) is 0 Å². The Morgan fingerprint density at radius 2 is 1.76 bits per heavy atom. The first-order valence-electron chi connectivity index (χ1n) is 9.72. The number of amides is 2. The summed E-state index contributed by atoms with van der Waals surface area (Å²) >= 11 is 0. The summed E-state index contributed by atoms with van der Waals surface area (Å²) in [5.41, 5.74) is 0.240. The molecule has 1 unspecified atom stereocenters. The second-order valence-electron chi connectivity index (χ2n) is 7.83. The molecule has 2 aliphatic heterocycles.